The Kier molecular flexibility index (Phi) is 4.98. The van der Waals surface area contributed by atoms with Gasteiger partial charge in [0.2, 0.25) is 0 Å². The van der Waals surface area contributed by atoms with Crippen LogP contribution in [0.25, 0.3) is 0 Å². The van der Waals surface area contributed by atoms with Crippen LogP contribution in [0.4, 0.5) is 4.79 Å². The normalized spacial score (nSPS) is 15.6. The Labute approximate surface area is 120 Å². The van der Waals surface area contributed by atoms with Crippen LogP contribution in [0.15, 0.2) is 30.3 Å². The fourth-order valence-corrected chi connectivity index (χ4v) is 1.68. The highest BCUT2D eigenvalue weighted by atomic mass is 16.5. The number of amides is 1. The minimum Gasteiger partial charge on any atom is -0.480 e. The van der Waals surface area contributed by atoms with E-state index in [2.05, 4.69) is 5.32 Å². The van der Waals surface area contributed by atoms with Gasteiger partial charge in [-0.05, 0) is 18.4 Å². The van der Waals surface area contributed by atoms with Crippen LogP contribution in [-0.4, -0.2) is 22.7 Å². The van der Waals surface area contributed by atoms with Crippen molar-refractivity contribution in [3.8, 4) is 0 Å². The van der Waals surface area contributed by atoms with Crippen molar-refractivity contribution in [1.29, 1.82) is 0 Å². The first-order valence-electron chi connectivity index (χ1n) is 7.18. The number of carbonyl (C=O) groups is 2. The highest BCUT2D eigenvalue weighted by molar-refractivity contribution is 5.84. The lowest BCUT2D eigenvalue weighted by molar-refractivity contribution is -0.146. The van der Waals surface area contributed by atoms with Gasteiger partial charge in [-0.15, -0.1) is 0 Å². The number of carboxylic acid groups (broad SMARTS) is 1. The zero-order valence-corrected chi connectivity index (χ0v) is 11.8. The van der Waals surface area contributed by atoms with Gasteiger partial charge in [0.25, 0.3) is 0 Å². The van der Waals surface area contributed by atoms with E-state index >= 15 is 0 Å². The fourth-order valence-electron chi connectivity index (χ4n) is 1.68. The molecule has 0 aliphatic rings. The molecule has 110 valence electrons. The molecule has 5 heteroatoms. The van der Waals surface area contributed by atoms with Crippen molar-refractivity contribution in [2.75, 3.05) is 0 Å². The molecule has 1 aromatic carbocycles. The van der Waals surface area contributed by atoms with Crippen LogP contribution in [-0.2, 0) is 16.1 Å². The maximum absolute atomic E-state index is 11.8. The van der Waals surface area contributed by atoms with E-state index < -0.39 is 24.5 Å². The lowest BCUT2D eigenvalue weighted by Gasteiger charge is -2.31. The molecular formula is C15H21NO4. The highest BCUT2D eigenvalue weighted by Gasteiger charge is 2.40. The molecule has 0 saturated carbocycles. The van der Waals surface area contributed by atoms with Gasteiger partial charge in [-0.2, -0.15) is 0 Å². The lowest BCUT2D eigenvalue weighted by atomic mass is 9.85. The van der Waals surface area contributed by atoms with Crippen LogP contribution in [0.3, 0.4) is 0 Å². The van der Waals surface area contributed by atoms with Gasteiger partial charge in [0, 0.05) is 1.37 Å². The second-order valence-electron chi connectivity index (χ2n) is 4.77. The molecule has 0 heterocycles. The van der Waals surface area contributed by atoms with Gasteiger partial charge in [0.1, 0.15) is 12.1 Å². The van der Waals surface area contributed by atoms with Crippen molar-refractivity contribution < 1.29 is 20.8 Å². The van der Waals surface area contributed by atoms with Gasteiger partial charge >= 0.3 is 12.1 Å². The number of nitrogens with one attached hydrogen (secondary N) is 1. The number of rotatable bonds is 6. The van der Waals surface area contributed by atoms with E-state index in [1.807, 2.05) is 25.1 Å². The summed E-state index contributed by atoms with van der Waals surface area (Å²) in [5.74, 6) is -1.60. The van der Waals surface area contributed by atoms with Crippen LogP contribution < -0.4 is 5.32 Å². The van der Waals surface area contributed by atoms with Gasteiger partial charge in [-0.25, -0.2) is 9.59 Å². The quantitative estimate of drug-likeness (QED) is 0.840. The Bertz CT molecular complexity index is 480. The molecule has 0 aromatic heterocycles. The smallest absolute Gasteiger partial charge is 0.408 e. The number of hydrogen-bond acceptors (Lipinski definition) is 3. The number of benzene rings is 1. The molecule has 0 fully saturated rings. The van der Waals surface area contributed by atoms with E-state index in [0.29, 0.717) is 6.42 Å². The van der Waals surface area contributed by atoms with Crippen LogP contribution in [0.1, 0.15) is 34.1 Å². The SMILES string of the molecule is [2H]C[C@@](NC(=O)OCc1ccccc1)(C(=O)O)[C@@H](C)CC. The van der Waals surface area contributed by atoms with Crippen molar-refractivity contribution in [1.82, 2.24) is 5.32 Å². The predicted molar refractivity (Wildman–Crippen MR) is 75.3 cm³/mol. The maximum Gasteiger partial charge on any atom is 0.408 e. The number of aliphatic carboxylic acids is 1. The number of alkyl carbamates (subject to hydrolysis) is 1. The van der Waals surface area contributed by atoms with Gasteiger partial charge in [0.15, 0.2) is 0 Å². The molecule has 0 spiro atoms. The Morgan fingerprint density at radius 3 is 2.60 bits per heavy atom. The summed E-state index contributed by atoms with van der Waals surface area (Å²) in [6, 6.07) is 9.10. The predicted octanol–water partition coefficient (Wildman–Crippen LogP) is 2.80. The van der Waals surface area contributed by atoms with E-state index in [0.717, 1.165) is 5.56 Å². The number of carboxylic acids is 1. The first-order chi connectivity index (χ1) is 9.96. The highest BCUT2D eigenvalue weighted by Crippen LogP contribution is 2.20. The van der Waals surface area contributed by atoms with Gasteiger partial charge in [0.05, 0.1) is 0 Å². The maximum atomic E-state index is 11.8. The average Bonchev–Trinajstić information content (AvgIpc) is 2.50. The molecule has 1 amide bonds. The van der Waals surface area contributed by atoms with E-state index in [1.54, 1.807) is 19.1 Å². The fraction of sp³-hybridized carbons (Fsp3) is 0.467. The Balaban J connectivity index is 2.70. The first kappa shape index (κ1) is 14.4. The van der Waals surface area contributed by atoms with Crippen molar-refractivity contribution in [3.05, 3.63) is 35.9 Å². The Hall–Kier alpha value is -2.04. The zero-order valence-electron chi connectivity index (χ0n) is 12.8. The number of carbonyl (C=O) groups excluding carboxylic acids is 1. The summed E-state index contributed by atoms with van der Waals surface area (Å²) < 4.78 is 12.5. The third-order valence-corrected chi connectivity index (χ3v) is 3.37. The van der Waals surface area contributed by atoms with E-state index in [4.69, 9.17) is 6.11 Å². The molecule has 0 bridgehead atoms. The van der Waals surface area contributed by atoms with Crippen molar-refractivity contribution in [2.45, 2.75) is 39.3 Å². The summed E-state index contributed by atoms with van der Waals surface area (Å²) in [6.07, 6.45) is -0.293. The Morgan fingerprint density at radius 1 is 1.45 bits per heavy atom. The molecule has 5 nitrogen and oxygen atoms in total. The average molecular weight is 280 g/mol. The molecule has 1 aromatic rings. The topological polar surface area (TPSA) is 75.6 Å². The number of ether oxygens (including phenoxy) is 1. The molecule has 20 heavy (non-hydrogen) atoms. The monoisotopic (exact) mass is 280 g/mol. The molecule has 0 aliphatic carbocycles. The van der Waals surface area contributed by atoms with E-state index in [-0.39, 0.29) is 12.5 Å². The summed E-state index contributed by atoms with van der Waals surface area (Å²) in [5, 5.41) is 11.7. The summed E-state index contributed by atoms with van der Waals surface area (Å²) in [6.45, 7) is 3.12. The zero-order chi connectivity index (χ0) is 15.9. The minimum atomic E-state index is -1.62. The van der Waals surface area contributed by atoms with Crippen molar-refractivity contribution in [3.63, 3.8) is 0 Å². The van der Waals surface area contributed by atoms with Gasteiger partial charge < -0.3 is 15.2 Å². The molecule has 0 aliphatic heterocycles. The van der Waals surface area contributed by atoms with Crippen LogP contribution in [0.2, 0.25) is 0 Å². The number of hydrogen-bond donors (Lipinski definition) is 2. The summed E-state index contributed by atoms with van der Waals surface area (Å²) in [5.41, 5.74) is -0.814. The lowest BCUT2D eigenvalue weighted by Crippen LogP contribution is -2.56. The third kappa shape index (κ3) is 3.98. The third-order valence-electron chi connectivity index (χ3n) is 3.37. The largest absolute Gasteiger partial charge is 0.480 e. The molecule has 0 radical (unpaired) electrons. The molecular weight excluding hydrogens is 258 g/mol. The minimum absolute atomic E-state index is 0.0564. The van der Waals surface area contributed by atoms with Crippen molar-refractivity contribution in [2.24, 2.45) is 5.92 Å². The Morgan fingerprint density at radius 2 is 2.10 bits per heavy atom. The van der Waals surface area contributed by atoms with Crippen LogP contribution in [0, 0.1) is 5.92 Å². The van der Waals surface area contributed by atoms with Crippen LogP contribution in [0.5, 0.6) is 0 Å². The van der Waals surface area contributed by atoms with Gasteiger partial charge in [-0.1, -0.05) is 50.6 Å². The molecule has 0 unspecified atom stereocenters. The summed E-state index contributed by atoms with van der Waals surface area (Å²) in [7, 11) is 0. The van der Waals surface area contributed by atoms with E-state index in [1.165, 1.54) is 0 Å². The first-order valence-corrected chi connectivity index (χ1v) is 6.47. The summed E-state index contributed by atoms with van der Waals surface area (Å²) in [4.78, 5) is 23.3. The van der Waals surface area contributed by atoms with E-state index in [9.17, 15) is 14.7 Å². The standard InChI is InChI=1S/C15H21NO4/c1-4-11(2)15(3,13(17)18)16-14(19)20-10-12-8-6-5-7-9-12/h5-9,11H,4,10H2,1-3H3,(H,16,19)(H,17,18)/t11-,15-/m0/s1/i3D. The molecule has 2 atom stereocenters. The van der Waals surface area contributed by atoms with Crippen LogP contribution >= 0.6 is 0 Å². The molecule has 1 rings (SSSR count). The summed E-state index contributed by atoms with van der Waals surface area (Å²) >= 11 is 0. The van der Waals surface area contributed by atoms with Gasteiger partial charge in [-0.3, -0.25) is 0 Å². The van der Waals surface area contributed by atoms with Crippen molar-refractivity contribution >= 4 is 12.1 Å². The second kappa shape index (κ2) is 6.93. The molecule has 0 saturated heterocycles. The second-order valence-corrected chi connectivity index (χ2v) is 4.77. The molecule has 2 N–H and O–H groups in total.